The lowest BCUT2D eigenvalue weighted by atomic mass is 10.2. The van der Waals surface area contributed by atoms with Crippen LogP contribution < -0.4 is 11.1 Å². The molecule has 2 rings (SSSR count). The van der Waals surface area contributed by atoms with E-state index in [1.807, 2.05) is 0 Å². The van der Waals surface area contributed by atoms with Gasteiger partial charge in [-0.1, -0.05) is 15.9 Å². The first-order chi connectivity index (χ1) is 8.06. The molecule has 0 unspecified atom stereocenters. The highest BCUT2D eigenvalue weighted by Crippen LogP contribution is 2.20. The molecule has 0 saturated carbocycles. The maximum atomic E-state index is 11.9. The van der Waals surface area contributed by atoms with Crippen molar-refractivity contribution >= 4 is 44.2 Å². The molecule has 0 spiro atoms. The van der Waals surface area contributed by atoms with Crippen molar-refractivity contribution in [2.75, 3.05) is 11.1 Å². The van der Waals surface area contributed by atoms with Crippen LogP contribution in [0.15, 0.2) is 22.7 Å². The van der Waals surface area contributed by atoms with Crippen molar-refractivity contribution in [3.8, 4) is 0 Å². The highest BCUT2D eigenvalue weighted by atomic mass is 79.9. The lowest BCUT2D eigenvalue weighted by Gasteiger charge is -2.05. The summed E-state index contributed by atoms with van der Waals surface area (Å²) in [5, 5.41) is 3.12. The van der Waals surface area contributed by atoms with Crippen LogP contribution in [0.1, 0.15) is 16.2 Å². The number of carbonyl (C=O) groups is 1. The molecule has 0 atom stereocenters. The third-order valence-electron chi connectivity index (χ3n) is 2.01. The SMILES string of the molecule is Cc1nsc(NC(=O)c2ccc(Br)cc2N)n1. The summed E-state index contributed by atoms with van der Waals surface area (Å²) in [5.41, 5.74) is 6.59. The van der Waals surface area contributed by atoms with Crippen LogP contribution >= 0.6 is 27.5 Å². The van der Waals surface area contributed by atoms with Gasteiger partial charge in [-0.05, 0) is 25.1 Å². The highest BCUT2D eigenvalue weighted by Gasteiger charge is 2.12. The third kappa shape index (κ3) is 2.80. The smallest absolute Gasteiger partial charge is 0.259 e. The van der Waals surface area contributed by atoms with Crippen molar-refractivity contribution in [1.82, 2.24) is 9.36 Å². The van der Waals surface area contributed by atoms with E-state index in [4.69, 9.17) is 5.73 Å². The standard InChI is InChI=1S/C10H9BrN4OS/c1-5-13-10(17-15-5)14-9(16)7-3-2-6(11)4-8(7)12/h2-4H,12H2,1H3,(H,13,14,15,16). The second-order valence-corrected chi connectivity index (χ2v) is 5.00. The van der Waals surface area contributed by atoms with Crippen LogP contribution in [-0.2, 0) is 0 Å². The molecule has 17 heavy (non-hydrogen) atoms. The molecule has 0 saturated heterocycles. The van der Waals surface area contributed by atoms with E-state index in [0.29, 0.717) is 22.2 Å². The van der Waals surface area contributed by atoms with Crippen LogP contribution in [0.3, 0.4) is 0 Å². The third-order valence-corrected chi connectivity index (χ3v) is 3.22. The Kier molecular flexibility index (Phi) is 3.39. The number of hydrogen-bond donors (Lipinski definition) is 2. The first kappa shape index (κ1) is 12.0. The van der Waals surface area contributed by atoms with E-state index in [9.17, 15) is 4.79 Å². The number of aryl methyl sites for hydroxylation is 1. The minimum atomic E-state index is -0.286. The van der Waals surface area contributed by atoms with Gasteiger partial charge in [0.05, 0.1) is 5.56 Å². The molecule has 88 valence electrons. The summed E-state index contributed by atoms with van der Waals surface area (Å²) in [6.45, 7) is 1.76. The molecule has 3 N–H and O–H groups in total. The number of amides is 1. The molecule has 1 heterocycles. The highest BCUT2D eigenvalue weighted by molar-refractivity contribution is 9.10. The molecule has 1 aromatic carbocycles. The van der Waals surface area contributed by atoms with Crippen LogP contribution in [0.25, 0.3) is 0 Å². The van der Waals surface area contributed by atoms with Crippen molar-refractivity contribution in [2.24, 2.45) is 0 Å². The van der Waals surface area contributed by atoms with Crippen LogP contribution in [-0.4, -0.2) is 15.3 Å². The Labute approximate surface area is 110 Å². The largest absolute Gasteiger partial charge is 0.398 e. The first-order valence-electron chi connectivity index (χ1n) is 4.73. The maximum Gasteiger partial charge on any atom is 0.259 e. The zero-order valence-corrected chi connectivity index (χ0v) is 11.3. The van der Waals surface area contributed by atoms with Crippen molar-refractivity contribution in [3.63, 3.8) is 0 Å². The Morgan fingerprint density at radius 2 is 2.29 bits per heavy atom. The van der Waals surface area contributed by atoms with E-state index in [1.165, 1.54) is 0 Å². The molecule has 7 heteroatoms. The minimum Gasteiger partial charge on any atom is -0.398 e. The normalized spacial score (nSPS) is 10.2. The summed E-state index contributed by atoms with van der Waals surface area (Å²) in [4.78, 5) is 15.9. The fourth-order valence-corrected chi connectivity index (χ4v) is 2.20. The summed E-state index contributed by atoms with van der Waals surface area (Å²) < 4.78 is 4.81. The van der Waals surface area contributed by atoms with Crippen LogP contribution in [0.5, 0.6) is 0 Å². The fourth-order valence-electron chi connectivity index (χ4n) is 1.25. The van der Waals surface area contributed by atoms with Crippen LogP contribution in [0.2, 0.25) is 0 Å². The molecule has 0 aliphatic heterocycles. The first-order valence-corrected chi connectivity index (χ1v) is 6.29. The van der Waals surface area contributed by atoms with Gasteiger partial charge < -0.3 is 5.73 Å². The van der Waals surface area contributed by atoms with E-state index < -0.39 is 0 Å². The van der Waals surface area contributed by atoms with Gasteiger partial charge in [0.2, 0.25) is 5.13 Å². The summed E-state index contributed by atoms with van der Waals surface area (Å²) >= 11 is 4.42. The van der Waals surface area contributed by atoms with Crippen molar-refractivity contribution in [1.29, 1.82) is 0 Å². The van der Waals surface area contributed by atoms with Gasteiger partial charge in [0.25, 0.3) is 5.91 Å². The number of halogens is 1. The van der Waals surface area contributed by atoms with Crippen LogP contribution in [0, 0.1) is 6.92 Å². The van der Waals surface area contributed by atoms with E-state index in [2.05, 4.69) is 30.6 Å². The quantitative estimate of drug-likeness (QED) is 0.835. The summed E-state index contributed by atoms with van der Waals surface area (Å²) in [7, 11) is 0. The molecule has 0 radical (unpaired) electrons. The number of aromatic nitrogens is 2. The number of carbonyl (C=O) groups excluding carboxylic acids is 1. The van der Waals surface area contributed by atoms with E-state index in [0.717, 1.165) is 16.0 Å². The Morgan fingerprint density at radius 1 is 1.53 bits per heavy atom. The van der Waals surface area contributed by atoms with E-state index >= 15 is 0 Å². The molecule has 2 aromatic rings. The van der Waals surface area contributed by atoms with Crippen molar-refractivity contribution < 1.29 is 4.79 Å². The monoisotopic (exact) mass is 312 g/mol. The minimum absolute atomic E-state index is 0.286. The number of nitrogen functional groups attached to an aromatic ring is 1. The fraction of sp³-hybridized carbons (Fsp3) is 0.100. The predicted octanol–water partition coefficient (Wildman–Crippen LogP) is 2.44. The predicted molar refractivity (Wildman–Crippen MR) is 71.2 cm³/mol. The molecule has 1 amide bonds. The lowest BCUT2D eigenvalue weighted by Crippen LogP contribution is -2.13. The van der Waals surface area contributed by atoms with Gasteiger partial charge in [-0.25, -0.2) is 4.98 Å². The second kappa shape index (κ2) is 4.80. The number of nitrogens with two attached hydrogens (primary N) is 1. The van der Waals surface area contributed by atoms with Crippen LogP contribution in [0.4, 0.5) is 10.8 Å². The molecule has 0 aliphatic carbocycles. The van der Waals surface area contributed by atoms with Gasteiger partial charge in [0.1, 0.15) is 5.82 Å². The van der Waals surface area contributed by atoms with Gasteiger partial charge in [-0.3, -0.25) is 10.1 Å². The molecule has 1 aromatic heterocycles. The Bertz CT molecular complexity index is 569. The number of benzene rings is 1. The van der Waals surface area contributed by atoms with Gasteiger partial charge in [0.15, 0.2) is 0 Å². The molecule has 0 fully saturated rings. The van der Waals surface area contributed by atoms with Crippen molar-refractivity contribution in [3.05, 3.63) is 34.1 Å². The van der Waals surface area contributed by atoms with E-state index in [1.54, 1.807) is 25.1 Å². The maximum absolute atomic E-state index is 11.9. The molecular formula is C10H9BrN4OS. The van der Waals surface area contributed by atoms with Crippen molar-refractivity contribution in [2.45, 2.75) is 6.92 Å². The topological polar surface area (TPSA) is 80.9 Å². The van der Waals surface area contributed by atoms with Gasteiger partial charge >= 0.3 is 0 Å². The molecule has 0 bridgehead atoms. The molecule has 0 aliphatic rings. The average Bonchev–Trinajstić information content (AvgIpc) is 2.63. The Morgan fingerprint density at radius 3 is 2.88 bits per heavy atom. The summed E-state index contributed by atoms with van der Waals surface area (Å²) in [5.74, 6) is 0.347. The zero-order chi connectivity index (χ0) is 12.4. The number of nitrogens with zero attached hydrogens (tertiary/aromatic N) is 2. The van der Waals surface area contributed by atoms with Gasteiger partial charge in [-0.2, -0.15) is 4.37 Å². The second-order valence-electron chi connectivity index (χ2n) is 3.33. The number of anilines is 2. The Hall–Kier alpha value is -1.47. The molecular weight excluding hydrogens is 304 g/mol. The number of nitrogens with one attached hydrogen (secondary N) is 1. The van der Waals surface area contributed by atoms with Gasteiger partial charge in [0, 0.05) is 21.7 Å². The average molecular weight is 313 g/mol. The lowest BCUT2D eigenvalue weighted by molar-refractivity contribution is 0.102. The molecule has 5 nitrogen and oxygen atoms in total. The Balaban J connectivity index is 2.20. The number of hydrogen-bond acceptors (Lipinski definition) is 5. The summed E-state index contributed by atoms with van der Waals surface area (Å²) in [6.07, 6.45) is 0. The van der Waals surface area contributed by atoms with E-state index in [-0.39, 0.29) is 5.91 Å². The van der Waals surface area contributed by atoms with Gasteiger partial charge in [-0.15, -0.1) is 0 Å². The number of rotatable bonds is 2. The zero-order valence-electron chi connectivity index (χ0n) is 8.90. The summed E-state index contributed by atoms with van der Waals surface area (Å²) in [6, 6.07) is 5.10.